The van der Waals surface area contributed by atoms with E-state index in [9.17, 15) is 0 Å². The molecule has 0 saturated heterocycles. The minimum Gasteiger partial charge on any atom is -0.303 e. The molecular formula is C12H22N2. The summed E-state index contributed by atoms with van der Waals surface area (Å²) in [6.45, 7) is 7.24. The van der Waals surface area contributed by atoms with Crippen LogP contribution in [0.1, 0.15) is 40.0 Å². The van der Waals surface area contributed by atoms with Crippen LogP contribution in [-0.4, -0.2) is 24.8 Å². The van der Waals surface area contributed by atoms with Crippen molar-refractivity contribution in [1.82, 2.24) is 5.01 Å². The first-order valence-corrected chi connectivity index (χ1v) is 5.63. The highest BCUT2D eigenvalue weighted by molar-refractivity contribution is 5.94. The third-order valence-corrected chi connectivity index (χ3v) is 4.83. The summed E-state index contributed by atoms with van der Waals surface area (Å²) >= 11 is 0. The minimum absolute atomic E-state index is 0.363. The Balaban J connectivity index is 2.36. The fraction of sp³-hybridized carbons (Fsp3) is 0.917. The van der Waals surface area contributed by atoms with Gasteiger partial charge in [-0.1, -0.05) is 20.8 Å². The molecule has 2 fully saturated rings. The molecule has 2 nitrogen and oxygen atoms in total. The van der Waals surface area contributed by atoms with Gasteiger partial charge in [-0.3, -0.25) is 0 Å². The molecule has 0 amide bonds. The zero-order chi connectivity index (χ0) is 10.6. The number of fused-ring (bicyclic) bond motifs is 2. The summed E-state index contributed by atoms with van der Waals surface area (Å²) in [6.07, 6.45) is 3.95. The van der Waals surface area contributed by atoms with Gasteiger partial charge in [0.25, 0.3) is 0 Å². The van der Waals surface area contributed by atoms with E-state index in [1.54, 1.807) is 0 Å². The average molecular weight is 194 g/mol. The number of hydrazone groups is 1. The topological polar surface area (TPSA) is 15.6 Å². The summed E-state index contributed by atoms with van der Waals surface area (Å²) < 4.78 is 0. The van der Waals surface area contributed by atoms with Crippen LogP contribution in [0.4, 0.5) is 0 Å². The van der Waals surface area contributed by atoms with Gasteiger partial charge in [-0.2, -0.15) is 5.10 Å². The number of hydrogen-bond donors (Lipinski definition) is 0. The van der Waals surface area contributed by atoms with Crippen LogP contribution >= 0.6 is 0 Å². The van der Waals surface area contributed by atoms with Gasteiger partial charge in [0.2, 0.25) is 0 Å². The van der Waals surface area contributed by atoms with Gasteiger partial charge in [-0.25, -0.2) is 0 Å². The van der Waals surface area contributed by atoms with E-state index >= 15 is 0 Å². The predicted molar refractivity (Wildman–Crippen MR) is 60.4 cm³/mol. The van der Waals surface area contributed by atoms with E-state index < -0.39 is 0 Å². The second-order valence-electron chi connectivity index (χ2n) is 5.89. The van der Waals surface area contributed by atoms with E-state index in [4.69, 9.17) is 0 Å². The highest BCUT2D eigenvalue weighted by Crippen LogP contribution is 2.63. The van der Waals surface area contributed by atoms with Crippen molar-refractivity contribution < 1.29 is 0 Å². The molecule has 0 N–H and O–H groups in total. The minimum atomic E-state index is 0.363. The summed E-state index contributed by atoms with van der Waals surface area (Å²) in [5, 5.41) is 6.63. The zero-order valence-electron chi connectivity index (χ0n) is 10.1. The van der Waals surface area contributed by atoms with Crippen molar-refractivity contribution in [3.05, 3.63) is 0 Å². The van der Waals surface area contributed by atoms with Crippen molar-refractivity contribution in [2.24, 2.45) is 21.8 Å². The molecule has 0 aromatic rings. The Bertz CT molecular complexity index is 278. The molecule has 14 heavy (non-hydrogen) atoms. The second kappa shape index (κ2) is 2.74. The first-order chi connectivity index (χ1) is 6.38. The zero-order valence-corrected chi connectivity index (χ0v) is 10.1. The van der Waals surface area contributed by atoms with Gasteiger partial charge >= 0.3 is 0 Å². The molecule has 0 radical (unpaired) electrons. The van der Waals surface area contributed by atoms with E-state index in [0.29, 0.717) is 10.8 Å². The van der Waals surface area contributed by atoms with Crippen molar-refractivity contribution in [3.8, 4) is 0 Å². The van der Waals surface area contributed by atoms with Gasteiger partial charge in [0.1, 0.15) is 0 Å². The Morgan fingerprint density at radius 1 is 1.29 bits per heavy atom. The van der Waals surface area contributed by atoms with Crippen molar-refractivity contribution in [2.45, 2.75) is 40.0 Å². The van der Waals surface area contributed by atoms with Gasteiger partial charge in [0, 0.05) is 25.2 Å². The fourth-order valence-corrected chi connectivity index (χ4v) is 3.32. The first-order valence-electron chi connectivity index (χ1n) is 5.63. The third kappa shape index (κ3) is 1.06. The summed E-state index contributed by atoms with van der Waals surface area (Å²) in [4.78, 5) is 0. The Labute approximate surface area is 87.4 Å². The summed E-state index contributed by atoms with van der Waals surface area (Å²) in [6, 6.07) is 0. The average Bonchev–Trinajstić information content (AvgIpc) is 2.35. The smallest absolute Gasteiger partial charge is 0.0447 e. The molecule has 0 heterocycles. The maximum absolute atomic E-state index is 4.68. The summed E-state index contributed by atoms with van der Waals surface area (Å²) in [5.41, 5.74) is 2.26. The van der Waals surface area contributed by atoms with Gasteiger partial charge < -0.3 is 5.01 Å². The van der Waals surface area contributed by atoms with Gasteiger partial charge in [0.05, 0.1) is 0 Å². The number of nitrogens with zero attached hydrogens (tertiary/aromatic N) is 2. The molecule has 2 heteroatoms. The Hall–Kier alpha value is -0.530. The molecule has 80 valence electrons. The molecule has 2 bridgehead atoms. The van der Waals surface area contributed by atoms with Gasteiger partial charge in [0.15, 0.2) is 0 Å². The normalized spacial score (nSPS) is 42.1. The van der Waals surface area contributed by atoms with Gasteiger partial charge in [-0.05, 0) is 30.6 Å². The highest BCUT2D eigenvalue weighted by atomic mass is 15.4. The third-order valence-electron chi connectivity index (χ3n) is 4.83. The molecule has 2 aliphatic carbocycles. The largest absolute Gasteiger partial charge is 0.303 e. The first kappa shape index (κ1) is 10.0. The molecule has 2 rings (SSSR count). The van der Waals surface area contributed by atoms with E-state index in [1.165, 1.54) is 25.0 Å². The van der Waals surface area contributed by atoms with Crippen LogP contribution in [0.2, 0.25) is 0 Å². The maximum atomic E-state index is 4.68. The Kier molecular flexibility index (Phi) is 1.96. The van der Waals surface area contributed by atoms with Gasteiger partial charge in [-0.15, -0.1) is 0 Å². The lowest BCUT2D eigenvalue weighted by Gasteiger charge is -2.34. The van der Waals surface area contributed by atoms with Crippen LogP contribution in [0.25, 0.3) is 0 Å². The fourth-order valence-electron chi connectivity index (χ4n) is 3.32. The van der Waals surface area contributed by atoms with Crippen LogP contribution in [0.5, 0.6) is 0 Å². The number of rotatable bonds is 1. The molecule has 2 atom stereocenters. The predicted octanol–water partition coefficient (Wildman–Crippen LogP) is 2.75. The quantitative estimate of drug-likeness (QED) is 0.586. The Morgan fingerprint density at radius 3 is 2.29 bits per heavy atom. The lowest BCUT2D eigenvalue weighted by molar-refractivity contribution is 0.192. The van der Waals surface area contributed by atoms with Crippen molar-refractivity contribution in [3.63, 3.8) is 0 Å². The summed E-state index contributed by atoms with van der Waals surface area (Å²) in [5.74, 6) is 0.867. The van der Waals surface area contributed by atoms with Crippen LogP contribution in [0.15, 0.2) is 5.10 Å². The van der Waals surface area contributed by atoms with E-state index in [0.717, 1.165) is 5.92 Å². The van der Waals surface area contributed by atoms with Crippen LogP contribution in [-0.2, 0) is 0 Å². The number of hydrogen-bond acceptors (Lipinski definition) is 2. The molecular weight excluding hydrogens is 172 g/mol. The van der Waals surface area contributed by atoms with E-state index in [1.807, 2.05) is 19.1 Å². The molecule has 2 saturated carbocycles. The monoisotopic (exact) mass is 194 g/mol. The summed E-state index contributed by atoms with van der Waals surface area (Å²) in [7, 11) is 4.05. The van der Waals surface area contributed by atoms with E-state index in [-0.39, 0.29) is 0 Å². The lowest BCUT2D eigenvalue weighted by Crippen LogP contribution is -2.33. The van der Waals surface area contributed by atoms with Crippen LogP contribution in [0.3, 0.4) is 0 Å². The molecule has 2 aliphatic rings. The highest BCUT2D eigenvalue weighted by Gasteiger charge is 2.59. The molecule has 0 aromatic heterocycles. The van der Waals surface area contributed by atoms with Crippen molar-refractivity contribution in [2.75, 3.05) is 14.1 Å². The van der Waals surface area contributed by atoms with E-state index in [2.05, 4.69) is 25.9 Å². The molecule has 0 unspecified atom stereocenters. The molecule has 0 spiro atoms. The second-order valence-corrected chi connectivity index (χ2v) is 5.89. The molecule has 0 aliphatic heterocycles. The van der Waals surface area contributed by atoms with Crippen molar-refractivity contribution in [1.29, 1.82) is 0 Å². The van der Waals surface area contributed by atoms with Crippen molar-refractivity contribution >= 4 is 5.71 Å². The standard InChI is InChI=1S/C12H22N2/c1-11(2)9-6-7-12(11,3)10(8-9)13-14(4)5/h9H,6-8H2,1-5H3/b13-10-/t9-,12-/m0/s1. The lowest BCUT2D eigenvalue weighted by atomic mass is 9.70. The van der Waals surface area contributed by atoms with Crippen LogP contribution < -0.4 is 0 Å². The Morgan fingerprint density at radius 2 is 1.93 bits per heavy atom. The maximum Gasteiger partial charge on any atom is 0.0447 e. The van der Waals surface area contributed by atoms with Crippen LogP contribution in [0, 0.1) is 16.7 Å². The SMILES string of the molecule is CN(C)/N=C1/C[C@@H]2CC[C@]1(C)C2(C)C. The molecule has 0 aromatic carbocycles.